The highest BCUT2D eigenvalue weighted by molar-refractivity contribution is 6.01. The Kier molecular flexibility index (Phi) is 2.59. The van der Waals surface area contributed by atoms with Gasteiger partial charge in [-0.1, -0.05) is 6.07 Å². The lowest BCUT2D eigenvalue weighted by Crippen LogP contribution is -2.20. The number of hydrogen-bond acceptors (Lipinski definition) is 4. The molecule has 3 rings (SSSR count). The summed E-state index contributed by atoms with van der Waals surface area (Å²) in [4.78, 5) is 32.0. The molecule has 94 valence electrons. The molecule has 1 amide bonds. The smallest absolute Gasteiger partial charge is 0.231 e. The number of rotatable bonds is 2. The van der Waals surface area contributed by atoms with E-state index in [0.29, 0.717) is 18.4 Å². The zero-order valence-electron chi connectivity index (χ0n) is 10.3. The summed E-state index contributed by atoms with van der Waals surface area (Å²) in [5.41, 5.74) is 3.48. The molecule has 1 aliphatic rings. The predicted octanol–water partition coefficient (Wildman–Crippen LogP) is 1.47. The molecule has 1 aromatic carbocycles. The van der Waals surface area contributed by atoms with Crippen LogP contribution in [-0.2, 0) is 11.2 Å². The van der Waals surface area contributed by atoms with Crippen molar-refractivity contribution in [3.8, 4) is 11.3 Å². The van der Waals surface area contributed by atoms with E-state index in [2.05, 4.69) is 9.97 Å². The van der Waals surface area contributed by atoms with E-state index in [4.69, 9.17) is 0 Å². The zero-order chi connectivity index (χ0) is 13.4. The van der Waals surface area contributed by atoms with Gasteiger partial charge in [-0.15, -0.1) is 0 Å². The summed E-state index contributed by atoms with van der Waals surface area (Å²) in [6.07, 6.45) is 2.58. The number of fused-ring (bicyclic) bond motifs is 1. The minimum absolute atomic E-state index is 0.0865. The molecular weight excluding hydrogens is 242 g/mol. The van der Waals surface area contributed by atoms with Gasteiger partial charge < -0.3 is 4.90 Å². The number of amides is 1. The van der Waals surface area contributed by atoms with Crippen molar-refractivity contribution in [2.75, 3.05) is 11.9 Å². The van der Waals surface area contributed by atoms with E-state index in [-0.39, 0.29) is 11.7 Å². The van der Waals surface area contributed by atoms with Crippen molar-refractivity contribution in [1.82, 2.24) is 9.97 Å². The number of likely N-dealkylation sites (N-methyl/N-ethyl adjacent to an activating group) is 1. The molecule has 0 fully saturated rings. The molecule has 0 radical (unpaired) electrons. The lowest BCUT2D eigenvalue weighted by Gasteiger charge is -2.10. The van der Waals surface area contributed by atoms with Crippen molar-refractivity contribution in [3.63, 3.8) is 0 Å². The molecule has 5 heteroatoms. The van der Waals surface area contributed by atoms with Gasteiger partial charge in [0.05, 0.1) is 12.1 Å². The van der Waals surface area contributed by atoms with Gasteiger partial charge in [-0.2, -0.15) is 0 Å². The first-order valence-corrected chi connectivity index (χ1v) is 5.87. The average Bonchev–Trinajstić information content (AvgIpc) is 2.73. The van der Waals surface area contributed by atoms with Crippen LogP contribution >= 0.6 is 0 Å². The maximum Gasteiger partial charge on any atom is 0.231 e. The summed E-state index contributed by atoms with van der Waals surface area (Å²) in [5, 5.41) is 0. The van der Waals surface area contributed by atoms with Gasteiger partial charge in [0.25, 0.3) is 0 Å². The highest BCUT2D eigenvalue weighted by atomic mass is 16.2. The van der Waals surface area contributed by atoms with Crippen LogP contribution in [0.3, 0.4) is 0 Å². The van der Waals surface area contributed by atoms with E-state index < -0.39 is 0 Å². The number of benzene rings is 1. The Morgan fingerprint density at radius 1 is 1.32 bits per heavy atom. The Balaban J connectivity index is 2.06. The standard InChI is InChI=1S/C14H11N3O2/c1-17-12-3-2-9(6-10(12)7-14(17)19)11-4-5-15-13(8-18)16-11/h2-6,8H,7H2,1H3. The number of carbonyl (C=O) groups is 2. The monoisotopic (exact) mass is 253 g/mol. The molecule has 0 unspecified atom stereocenters. The van der Waals surface area contributed by atoms with Crippen LogP contribution in [0.4, 0.5) is 5.69 Å². The van der Waals surface area contributed by atoms with Crippen LogP contribution in [0.25, 0.3) is 11.3 Å². The molecule has 2 heterocycles. The van der Waals surface area contributed by atoms with Crippen molar-refractivity contribution in [2.24, 2.45) is 0 Å². The van der Waals surface area contributed by atoms with Gasteiger partial charge in [0.1, 0.15) is 0 Å². The van der Waals surface area contributed by atoms with E-state index in [1.807, 2.05) is 18.2 Å². The third kappa shape index (κ3) is 1.89. The molecular formula is C14H11N3O2. The second kappa shape index (κ2) is 4.28. The fourth-order valence-electron chi connectivity index (χ4n) is 2.22. The van der Waals surface area contributed by atoms with E-state index in [9.17, 15) is 9.59 Å². The highest BCUT2D eigenvalue weighted by Gasteiger charge is 2.24. The first kappa shape index (κ1) is 11.5. The molecule has 0 saturated heterocycles. The maximum absolute atomic E-state index is 11.6. The lowest BCUT2D eigenvalue weighted by molar-refractivity contribution is -0.117. The van der Waals surface area contributed by atoms with E-state index in [1.165, 1.54) is 0 Å². The number of aldehydes is 1. The predicted molar refractivity (Wildman–Crippen MR) is 70.0 cm³/mol. The third-order valence-electron chi connectivity index (χ3n) is 3.23. The zero-order valence-corrected chi connectivity index (χ0v) is 10.3. The molecule has 0 saturated carbocycles. The van der Waals surface area contributed by atoms with Crippen LogP contribution in [0.15, 0.2) is 30.5 Å². The van der Waals surface area contributed by atoms with Crippen LogP contribution in [0.2, 0.25) is 0 Å². The molecule has 0 spiro atoms. The molecule has 2 aromatic rings. The van der Waals surface area contributed by atoms with E-state index >= 15 is 0 Å². The van der Waals surface area contributed by atoms with Gasteiger partial charge in [0, 0.05) is 24.5 Å². The fraction of sp³-hybridized carbons (Fsp3) is 0.143. The number of aromatic nitrogens is 2. The van der Waals surface area contributed by atoms with Gasteiger partial charge in [-0.05, 0) is 23.8 Å². The summed E-state index contributed by atoms with van der Waals surface area (Å²) in [6.45, 7) is 0. The average molecular weight is 253 g/mol. The summed E-state index contributed by atoms with van der Waals surface area (Å²) in [5.74, 6) is 0.245. The molecule has 0 aliphatic carbocycles. The van der Waals surface area contributed by atoms with Crippen LogP contribution in [0.1, 0.15) is 16.2 Å². The summed E-state index contributed by atoms with van der Waals surface area (Å²) < 4.78 is 0. The van der Waals surface area contributed by atoms with Crippen molar-refractivity contribution in [3.05, 3.63) is 41.9 Å². The second-order valence-corrected chi connectivity index (χ2v) is 4.39. The Morgan fingerprint density at radius 3 is 2.95 bits per heavy atom. The number of carbonyl (C=O) groups excluding carboxylic acids is 2. The molecule has 1 aliphatic heterocycles. The normalized spacial score (nSPS) is 13.5. The van der Waals surface area contributed by atoms with Gasteiger partial charge in [0.15, 0.2) is 12.1 Å². The Morgan fingerprint density at radius 2 is 2.16 bits per heavy atom. The molecule has 0 N–H and O–H groups in total. The van der Waals surface area contributed by atoms with Crippen LogP contribution < -0.4 is 4.90 Å². The number of nitrogens with zero attached hydrogens (tertiary/aromatic N) is 3. The minimum Gasteiger partial charge on any atom is -0.315 e. The Bertz CT molecular complexity index is 682. The van der Waals surface area contributed by atoms with E-state index in [1.54, 1.807) is 24.2 Å². The van der Waals surface area contributed by atoms with Crippen molar-refractivity contribution in [1.29, 1.82) is 0 Å². The van der Waals surface area contributed by atoms with Crippen molar-refractivity contribution in [2.45, 2.75) is 6.42 Å². The fourth-order valence-corrected chi connectivity index (χ4v) is 2.22. The first-order chi connectivity index (χ1) is 9.19. The van der Waals surface area contributed by atoms with Crippen molar-refractivity contribution < 1.29 is 9.59 Å². The number of hydrogen-bond donors (Lipinski definition) is 0. The van der Waals surface area contributed by atoms with E-state index in [0.717, 1.165) is 16.8 Å². The Hall–Kier alpha value is -2.56. The van der Waals surface area contributed by atoms with Gasteiger partial charge in [0.2, 0.25) is 5.91 Å². The molecule has 5 nitrogen and oxygen atoms in total. The summed E-state index contributed by atoms with van der Waals surface area (Å²) in [6, 6.07) is 7.48. The maximum atomic E-state index is 11.6. The van der Waals surface area contributed by atoms with Gasteiger partial charge >= 0.3 is 0 Å². The van der Waals surface area contributed by atoms with Crippen LogP contribution in [-0.4, -0.2) is 29.2 Å². The van der Waals surface area contributed by atoms with Crippen LogP contribution in [0.5, 0.6) is 0 Å². The minimum atomic E-state index is 0.0865. The van der Waals surface area contributed by atoms with Gasteiger partial charge in [-0.25, -0.2) is 9.97 Å². The SMILES string of the molecule is CN1C(=O)Cc2cc(-c3ccnc(C=O)n3)ccc21. The molecule has 0 atom stereocenters. The van der Waals surface area contributed by atoms with Crippen LogP contribution in [0, 0.1) is 0 Å². The topological polar surface area (TPSA) is 63.2 Å². The highest BCUT2D eigenvalue weighted by Crippen LogP contribution is 2.31. The lowest BCUT2D eigenvalue weighted by atomic mass is 10.1. The second-order valence-electron chi connectivity index (χ2n) is 4.39. The molecule has 1 aromatic heterocycles. The third-order valence-corrected chi connectivity index (χ3v) is 3.23. The Labute approximate surface area is 109 Å². The summed E-state index contributed by atoms with van der Waals surface area (Å²) in [7, 11) is 1.77. The molecule has 19 heavy (non-hydrogen) atoms. The molecule has 0 bridgehead atoms. The van der Waals surface area contributed by atoms with Crippen molar-refractivity contribution >= 4 is 17.9 Å². The van der Waals surface area contributed by atoms with Gasteiger partial charge in [-0.3, -0.25) is 9.59 Å². The largest absolute Gasteiger partial charge is 0.315 e. The number of anilines is 1. The first-order valence-electron chi connectivity index (χ1n) is 5.87. The quantitative estimate of drug-likeness (QED) is 0.760. The summed E-state index contributed by atoms with van der Waals surface area (Å²) >= 11 is 0.